The fourth-order valence-corrected chi connectivity index (χ4v) is 2.77. The Morgan fingerprint density at radius 3 is 2.68 bits per heavy atom. The van der Waals surface area contributed by atoms with Crippen LogP contribution in [0, 0.1) is 5.92 Å². The standard InChI is InChI=1S/C12H20N2O4S/c1-9(8-11(16)17)7-10(15)13-12(18)14-3-2-5-19-6-4-14/h9H,2-8H2,1H3,(H,16,17)(H,13,15,18). The molecule has 0 spiro atoms. The Balaban J connectivity index is 2.34. The molecule has 1 saturated heterocycles. The number of carboxylic acids is 1. The predicted molar refractivity (Wildman–Crippen MR) is 73.1 cm³/mol. The van der Waals surface area contributed by atoms with Crippen molar-refractivity contribution in [3.8, 4) is 0 Å². The molecule has 1 rings (SSSR count). The highest BCUT2D eigenvalue weighted by molar-refractivity contribution is 7.99. The minimum Gasteiger partial charge on any atom is -0.481 e. The van der Waals surface area contributed by atoms with Crippen LogP contribution in [0.3, 0.4) is 0 Å². The van der Waals surface area contributed by atoms with E-state index in [1.54, 1.807) is 23.6 Å². The van der Waals surface area contributed by atoms with Crippen molar-refractivity contribution in [3.05, 3.63) is 0 Å². The Hall–Kier alpha value is -1.24. The number of urea groups is 1. The minimum absolute atomic E-state index is 0.0562. The van der Waals surface area contributed by atoms with E-state index in [1.165, 1.54) is 0 Å². The number of rotatable bonds is 4. The average molecular weight is 288 g/mol. The summed E-state index contributed by atoms with van der Waals surface area (Å²) in [5, 5.41) is 10.9. The van der Waals surface area contributed by atoms with Gasteiger partial charge in [0.1, 0.15) is 0 Å². The lowest BCUT2D eigenvalue weighted by atomic mass is 10.0. The van der Waals surface area contributed by atoms with Gasteiger partial charge in [-0.1, -0.05) is 6.92 Å². The molecule has 2 N–H and O–H groups in total. The largest absolute Gasteiger partial charge is 0.481 e. The molecule has 6 nitrogen and oxygen atoms in total. The number of hydrogen-bond acceptors (Lipinski definition) is 4. The lowest BCUT2D eigenvalue weighted by molar-refractivity contribution is -0.138. The van der Waals surface area contributed by atoms with Crippen LogP contribution in [-0.2, 0) is 9.59 Å². The van der Waals surface area contributed by atoms with Crippen LogP contribution in [0.4, 0.5) is 4.79 Å². The molecule has 1 unspecified atom stereocenters. The summed E-state index contributed by atoms with van der Waals surface area (Å²) >= 11 is 1.80. The third-order valence-corrected chi connectivity index (χ3v) is 3.86. The third kappa shape index (κ3) is 6.47. The molecule has 108 valence electrons. The Morgan fingerprint density at radius 2 is 2.00 bits per heavy atom. The van der Waals surface area contributed by atoms with Crippen molar-refractivity contribution in [1.29, 1.82) is 0 Å². The summed E-state index contributed by atoms with van der Waals surface area (Å²) in [6, 6.07) is -0.366. The van der Waals surface area contributed by atoms with Crippen LogP contribution in [0.5, 0.6) is 0 Å². The average Bonchev–Trinajstić information content (AvgIpc) is 2.55. The zero-order chi connectivity index (χ0) is 14.3. The highest BCUT2D eigenvalue weighted by atomic mass is 32.2. The normalized spacial score (nSPS) is 17.4. The van der Waals surface area contributed by atoms with E-state index in [1.807, 2.05) is 0 Å². The minimum atomic E-state index is -0.934. The van der Waals surface area contributed by atoms with Crippen molar-refractivity contribution in [2.75, 3.05) is 24.6 Å². The van der Waals surface area contributed by atoms with E-state index in [-0.39, 0.29) is 24.8 Å². The van der Waals surface area contributed by atoms with Crippen molar-refractivity contribution in [2.24, 2.45) is 5.92 Å². The van der Waals surface area contributed by atoms with Crippen molar-refractivity contribution in [3.63, 3.8) is 0 Å². The van der Waals surface area contributed by atoms with Gasteiger partial charge in [-0.3, -0.25) is 14.9 Å². The van der Waals surface area contributed by atoms with Gasteiger partial charge >= 0.3 is 12.0 Å². The van der Waals surface area contributed by atoms with E-state index in [0.29, 0.717) is 13.1 Å². The first-order chi connectivity index (χ1) is 8.99. The van der Waals surface area contributed by atoms with Gasteiger partial charge in [-0.25, -0.2) is 4.79 Å². The topological polar surface area (TPSA) is 86.7 Å². The van der Waals surface area contributed by atoms with Crippen LogP contribution in [-0.4, -0.2) is 52.5 Å². The van der Waals surface area contributed by atoms with Crippen LogP contribution in [0.25, 0.3) is 0 Å². The first kappa shape index (κ1) is 15.8. The van der Waals surface area contributed by atoms with Gasteiger partial charge in [0.25, 0.3) is 0 Å². The molecule has 1 fully saturated rings. The third-order valence-electron chi connectivity index (χ3n) is 2.81. The Bertz CT molecular complexity index is 341. The summed E-state index contributed by atoms with van der Waals surface area (Å²) in [5.74, 6) is 0.307. The molecule has 0 saturated carbocycles. The van der Waals surface area contributed by atoms with Crippen molar-refractivity contribution in [2.45, 2.75) is 26.2 Å². The van der Waals surface area contributed by atoms with Crippen LogP contribution in [0.2, 0.25) is 0 Å². The fourth-order valence-electron chi connectivity index (χ4n) is 1.89. The number of nitrogens with one attached hydrogen (secondary N) is 1. The first-order valence-electron chi connectivity index (χ1n) is 6.37. The Morgan fingerprint density at radius 1 is 1.26 bits per heavy atom. The first-order valence-corrected chi connectivity index (χ1v) is 7.53. The van der Waals surface area contributed by atoms with Gasteiger partial charge in [-0.05, 0) is 18.1 Å². The number of carboxylic acid groups (broad SMARTS) is 1. The molecule has 0 bridgehead atoms. The SMILES string of the molecule is CC(CC(=O)O)CC(=O)NC(=O)N1CCCSCC1. The predicted octanol–water partition coefficient (Wildman–Crippen LogP) is 1.16. The summed E-state index contributed by atoms with van der Waals surface area (Å²) < 4.78 is 0. The van der Waals surface area contributed by atoms with Crippen molar-refractivity contribution < 1.29 is 19.5 Å². The number of thioether (sulfide) groups is 1. The van der Waals surface area contributed by atoms with E-state index < -0.39 is 11.9 Å². The van der Waals surface area contributed by atoms with E-state index in [2.05, 4.69) is 5.32 Å². The van der Waals surface area contributed by atoms with Crippen molar-refractivity contribution in [1.82, 2.24) is 10.2 Å². The summed E-state index contributed by atoms with van der Waals surface area (Å²) in [7, 11) is 0. The summed E-state index contributed by atoms with van der Waals surface area (Å²) in [6.45, 7) is 2.99. The van der Waals surface area contributed by atoms with Crippen LogP contribution < -0.4 is 5.32 Å². The molecular weight excluding hydrogens is 268 g/mol. The highest BCUT2D eigenvalue weighted by Crippen LogP contribution is 2.10. The zero-order valence-corrected chi connectivity index (χ0v) is 11.9. The number of nitrogens with zero attached hydrogens (tertiary/aromatic N) is 1. The van der Waals surface area contributed by atoms with Gasteiger partial charge in [-0.2, -0.15) is 11.8 Å². The van der Waals surface area contributed by atoms with Gasteiger partial charge in [0.2, 0.25) is 5.91 Å². The lowest BCUT2D eigenvalue weighted by Crippen LogP contribution is -2.44. The molecular formula is C12H20N2O4S. The molecule has 1 aliphatic rings. The second kappa shape index (κ2) is 8.04. The van der Waals surface area contributed by atoms with Gasteiger partial charge < -0.3 is 10.0 Å². The Labute approximate surface area is 116 Å². The Kier molecular flexibility index (Phi) is 6.69. The quantitative estimate of drug-likeness (QED) is 0.810. The molecule has 1 heterocycles. The van der Waals surface area contributed by atoms with E-state index in [9.17, 15) is 14.4 Å². The zero-order valence-electron chi connectivity index (χ0n) is 11.1. The number of imide groups is 1. The van der Waals surface area contributed by atoms with Crippen LogP contribution in [0.15, 0.2) is 0 Å². The van der Waals surface area contributed by atoms with E-state index in [4.69, 9.17) is 5.11 Å². The molecule has 0 radical (unpaired) electrons. The van der Waals surface area contributed by atoms with Crippen molar-refractivity contribution >= 4 is 29.7 Å². The monoisotopic (exact) mass is 288 g/mol. The fraction of sp³-hybridized carbons (Fsp3) is 0.750. The molecule has 0 aromatic heterocycles. The number of hydrogen-bond donors (Lipinski definition) is 2. The maximum atomic E-state index is 11.8. The summed E-state index contributed by atoms with van der Waals surface area (Å²) in [4.78, 5) is 35.6. The number of amides is 3. The van der Waals surface area contributed by atoms with E-state index >= 15 is 0 Å². The second-order valence-corrected chi connectivity index (χ2v) is 5.94. The van der Waals surface area contributed by atoms with Gasteiger partial charge in [0.05, 0.1) is 0 Å². The smallest absolute Gasteiger partial charge is 0.324 e. The van der Waals surface area contributed by atoms with Crippen LogP contribution in [0.1, 0.15) is 26.2 Å². The molecule has 7 heteroatoms. The maximum Gasteiger partial charge on any atom is 0.324 e. The molecule has 1 atom stereocenters. The number of aliphatic carboxylic acids is 1. The number of carbonyl (C=O) groups is 3. The van der Waals surface area contributed by atoms with Gasteiger partial charge in [-0.15, -0.1) is 0 Å². The van der Waals surface area contributed by atoms with Crippen LogP contribution >= 0.6 is 11.8 Å². The number of carbonyl (C=O) groups excluding carboxylic acids is 2. The highest BCUT2D eigenvalue weighted by Gasteiger charge is 2.19. The van der Waals surface area contributed by atoms with Gasteiger partial charge in [0.15, 0.2) is 0 Å². The molecule has 1 aliphatic heterocycles. The molecule has 0 aliphatic carbocycles. The molecule has 19 heavy (non-hydrogen) atoms. The maximum absolute atomic E-state index is 11.8. The summed E-state index contributed by atoms with van der Waals surface area (Å²) in [6.07, 6.45) is 0.921. The molecule has 3 amide bonds. The lowest BCUT2D eigenvalue weighted by Gasteiger charge is -2.20. The van der Waals surface area contributed by atoms with Gasteiger partial charge in [0, 0.05) is 31.7 Å². The summed E-state index contributed by atoms with van der Waals surface area (Å²) in [5.41, 5.74) is 0. The van der Waals surface area contributed by atoms with E-state index in [0.717, 1.165) is 17.9 Å². The molecule has 0 aromatic rings. The second-order valence-electron chi connectivity index (χ2n) is 4.71. The molecule has 0 aromatic carbocycles.